The van der Waals surface area contributed by atoms with Gasteiger partial charge in [-0.2, -0.15) is 4.98 Å². The van der Waals surface area contributed by atoms with Crippen molar-refractivity contribution in [1.82, 2.24) is 9.97 Å². The van der Waals surface area contributed by atoms with Crippen molar-refractivity contribution in [3.63, 3.8) is 0 Å². The molecule has 0 spiro atoms. The zero-order chi connectivity index (χ0) is 10.9. The predicted octanol–water partition coefficient (Wildman–Crippen LogP) is 0.673. The first-order valence-corrected chi connectivity index (χ1v) is 4.00. The molecule has 0 aromatic carbocycles. The van der Waals surface area contributed by atoms with Gasteiger partial charge >= 0.3 is 5.69 Å². The normalized spacial score (nSPS) is 10.5. The summed E-state index contributed by atoms with van der Waals surface area (Å²) in [5.41, 5.74) is 10.7. The number of nitrogens with zero attached hydrogens (tertiary/aromatic N) is 3. The van der Waals surface area contributed by atoms with Crippen LogP contribution in [0.25, 0.3) is 0 Å². The van der Waals surface area contributed by atoms with Crippen molar-refractivity contribution in [3.05, 3.63) is 15.8 Å². The molecule has 4 N–H and O–H groups in total. The van der Waals surface area contributed by atoms with Gasteiger partial charge in [0.2, 0.25) is 11.8 Å². The van der Waals surface area contributed by atoms with Gasteiger partial charge in [0.15, 0.2) is 0 Å². The largest absolute Gasteiger partial charge is 0.378 e. The lowest BCUT2D eigenvalue weighted by atomic mass is 10.1. The van der Waals surface area contributed by atoms with Crippen LogP contribution in [-0.4, -0.2) is 14.9 Å². The van der Waals surface area contributed by atoms with E-state index in [2.05, 4.69) is 9.97 Å². The zero-order valence-corrected chi connectivity index (χ0v) is 7.89. The molecule has 0 fully saturated rings. The van der Waals surface area contributed by atoms with E-state index in [9.17, 15) is 10.1 Å². The molecule has 7 nitrogen and oxygen atoms in total. The van der Waals surface area contributed by atoms with Crippen LogP contribution in [-0.2, 0) is 0 Å². The minimum Gasteiger partial charge on any atom is -0.378 e. The van der Waals surface area contributed by atoms with Crippen molar-refractivity contribution in [2.45, 2.75) is 19.8 Å². The van der Waals surface area contributed by atoms with Crippen molar-refractivity contribution in [1.29, 1.82) is 0 Å². The third kappa shape index (κ3) is 1.70. The first-order chi connectivity index (χ1) is 6.43. The SMILES string of the molecule is CC(C)c1nc(N)nc(N)c1[N+](=O)[O-]. The molecule has 0 aliphatic heterocycles. The Balaban J connectivity index is 3.44. The second-order valence-electron chi connectivity index (χ2n) is 3.11. The number of nitrogens with two attached hydrogens (primary N) is 2. The van der Waals surface area contributed by atoms with E-state index in [-0.39, 0.29) is 29.1 Å². The van der Waals surface area contributed by atoms with Crippen LogP contribution >= 0.6 is 0 Å². The average Bonchev–Trinajstić information content (AvgIpc) is 2.01. The van der Waals surface area contributed by atoms with E-state index < -0.39 is 4.92 Å². The molecule has 76 valence electrons. The lowest BCUT2D eigenvalue weighted by Crippen LogP contribution is -2.09. The molecule has 14 heavy (non-hydrogen) atoms. The number of hydrogen-bond donors (Lipinski definition) is 2. The van der Waals surface area contributed by atoms with Gasteiger partial charge in [-0.05, 0) is 0 Å². The summed E-state index contributed by atoms with van der Waals surface area (Å²) in [6.45, 7) is 3.54. The second kappa shape index (κ2) is 3.44. The van der Waals surface area contributed by atoms with Crippen molar-refractivity contribution in [2.75, 3.05) is 11.5 Å². The summed E-state index contributed by atoms with van der Waals surface area (Å²) in [6, 6.07) is 0. The van der Waals surface area contributed by atoms with Gasteiger partial charge in [-0.1, -0.05) is 13.8 Å². The molecule has 1 aromatic rings. The van der Waals surface area contributed by atoms with Gasteiger partial charge in [0.05, 0.1) is 4.92 Å². The van der Waals surface area contributed by atoms with Crippen LogP contribution in [0.3, 0.4) is 0 Å². The topological polar surface area (TPSA) is 121 Å². The maximum absolute atomic E-state index is 10.7. The first kappa shape index (κ1) is 10.2. The van der Waals surface area contributed by atoms with Crippen LogP contribution in [0.2, 0.25) is 0 Å². The van der Waals surface area contributed by atoms with Crippen LogP contribution in [0.4, 0.5) is 17.5 Å². The minimum atomic E-state index is -0.593. The Bertz CT molecular complexity index is 377. The van der Waals surface area contributed by atoms with Gasteiger partial charge < -0.3 is 11.5 Å². The highest BCUT2D eigenvalue weighted by atomic mass is 16.6. The highest BCUT2D eigenvalue weighted by Crippen LogP contribution is 2.29. The summed E-state index contributed by atoms with van der Waals surface area (Å²) in [6.07, 6.45) is 0. The molecular formula is C7H11N5O2. The molecule has 0 bridgehead atoms. The Morgan fingerprint density at radius 1 is 1.36 bits per heavy atom. The first-order valence-electron chi connectivity index (χ1n) is 4.00. The van der Waals surface area contributed by atoms with Crippen LogP contribution < -0.4 is 11.5 Å². The van der Waals surface area contributed by atoms with E-state index in [1.54, 1.807) is 13.8 Å². The summed E-state index contributed by atoms with van der Waals surface area (Å²) in [5, 5.41) is 10.7. The van der Waals surface area contributed by atoms with Gasteiger partial charge in [0, 0.05) is 5.92 Å². The molecule has 0 saturated carbocycles. The predicted molar refractivity (Wildman–Crippen MR) is 51.6 cm³/mol. The minimum absolute atomic E-state index is 0.0446. The van der Waals surface area contributed by atoms with Gasteiger partial charge in [-0.25, -0.2) is 4.98 Å². The second-order valence-corrected chi connectivity index (χ2v) is 3.11. The smallest absolute Gasteiger partial charge is 0.332 e. The number of anilines is 2. The fraction of sp³-hybridized carbons (Fsp3) is 0.429. The highest BCUT2D eigenvalue weighted by molar-refractivity contribution is 5.58. The molecule has 1 aromatic heterocycles. The Morgan fingerprint density at radius 3 is 2.36 bits per heavy atom. The van der Waals surface area contributed by atoms with Crippen molar-refractivity contribution in [2.24, 2.45) is 0 Å². The van der Waals surface area contributed by atoms with Gasteiger partial charge in [0.25, 0.3) is 0 Å². The Morgan fingerprint density at radius 2 is 1.93 bits per heavy atom. The van der Waals surface area contributed by atoms with E-state index in [0.29, 0.717) is 0 Å². The number of rotatable bonds is 2. The quantitative estimate of drug-likeness (QED) is 0.530. The summed E-state index contributed by atoms with van der Waals surface area (Å²) in [4.78, 5) is 17.4. The van der Waals surface area contributed by atoms with E-state index in [4.69, 9.17) is 11.5 Å². The van der Waals surface area contributed by atoms with E-state index in [1.165, 1.54) is 0 Å². The Hall–Kier alpha value is -1.92. The summed E-state index contributed by atoms with van der Waals surface area (Å²) < 4.78 is 0. The molecule has 0 aliphatic rings. The number of hydrogen-bond acceptors (Lipinski definition) is 6. The fourth-order valence-corrected chi connectivity index (χ4v) is 1.10. The average molecular weight is 197 g/mol. The lowest BCUT2D eigenvalue weighted by molar-refractivity contribution is -0.385. The Kier molecular flexibility index (Phi) is 2.50. The van der Waals surface area contributed by atoms with Crippen molar-refractivity contribution in [3.8, 4) is 0 Å². The van der Waals surface area contributed by atoms with Gasteiger partial charge in [0.1, 0.15) is 5.69 Å². The van der Waals surface area contributed by atoms with Crippen LogP contribution in [0, 0.1) is 10.1 Å². The van der Waals surface area contributed by atoms with E-state index in [0.717, 1.165) is 0 Å². The van der Waals surface area contributed by atoms with Gasteiger partial charge in [-0.15, -0.1) is 0 Å². The monoisotopic (exact) mass is 197 g/mol. The number of nitrogen functional groups attached to an aromatic ring is 2. The molecular weight excluding hydrogens is 186 g/mol. The maximum Gasteiger partial charge on any atom is 0.332 e. The third-order valence-corrected chi connectivity index (χ3v) is 1.68. The summed E-state index contributed by atoms with van der Waals surface area (Å²) >= 11 is 0. The molecule has 1 rings (SSSR count). The van der Waals surface area contributed by atoms with E-state index in [1.807, 2.05) is 0 Å². The molecule has 0 radical (unpaired) electrons. The zero-order valence-electron chi connectivity index (χ0n) is 7.89. The van der Waals surface area contributed by atoms with Crippen LogP contribution in [0.1, 0.15) is 25.5 Å². The van der Waals surface area contributed by atoms with Crippen LogP contribution in [0.15, 0.2) is 0 Å². The van der Waals surface area contributed by atoms with Gasteiger partial charge in [-0.3, -0.25) is 10.1 Å². The molecule has 0 atom stereocenters. The third-order valence-electron chi connectivity index (χ3n) is 1.68. The molecule has 0 saturated heterocycles. The highest BCUT2D eigenvalue weighted by Gasteiger charge is 2.23. The summed E-state index contributed by atoms with van der Waals surface area (Å²) in [7, 11) is 0. The molecule has 0 aliphatic carbocycles. The standard InChI is InChI=1S/C7H11N5O2/c1-3(2)4-5(12(13)14)6(8)11-7(9)10-4/h3H,1-2H3,(H4,8,9,10,11). The number of aromatic nitrogens is 2. The summed E-state index contributed by atoms with van der Waals surface area (Å²) in [5.74, 6) is -0.356. The van der Waals surface area contributed by atoms with Crippen molar-refractivity contribution >= 4 is 17.5 Å². The molecule has 0 unspecified atom stereocenters. The maximum atomic E-state index is 10.7. The van der Waals surface area contributed by atoms with E-state index >= 15 is 0 Å². The lowest BCUT2D eigenvalue weighted by Gasteiger charge is -2.07. The Labute approximate surface area is 80.3 Å². The molecule has 1 heterocycles. The number of nitro groups is 1. The molecule has 7 heteroatoms. The molecule has 0 amide bonds. The van der Waals surface area contributed by atoms with Crippen LogP contribution in [0.5, 0.6) is 0 Å². The fourth-order valence-electron chi connectivity index (χ4n) is 1.10. The van der Waals surface area contributed by atoms with Crippen molar-refractivity contribution < 1.29 is 4.92 Å².